The van der Waals surface area contributed by atoms with E-state index in [1.165, 1.54) is 11.0 Å². The Morgan fingerprint density at radius 2 is 2.50 bits per heavy atom. The maximum Gasteiger partial charge on any atom is 0.196 e. The molecule has 2 rings (SSSR count). The highest BCUT2D eigenvalue weighted by Crippen LogP contribution is 1.93. The fourth-order valence-corrected chi connectivity index (χ4v) is 0.632. The standard InChI is InChI=1S/C4H4N6/c1-4(8-9-6-1)10-3-5-2-7-10/h1-3H,(H,6,8,9). The lowest BCUT2D eigenvalue weighted by atomic mass is 10.8. The third-order valence-electron chi connectivity index (χ3n) is 1.06. The van der Waals surface area contributed by atoms with Gasteiger partial charge in [0.05, 0.1) is 6.20 Å². The minimum absolute atomic E-state index is 0.637. The largest absolute Gasteiger partial charge is 0.223 e. The second-order valence-corrected chi connectivity index (χ2v) is 1.67. The molecule has 6 nitrogen and oxygen atoms in total. The zero-order valence-corrected chi connectivity index (χ0v) is 4.97. The predicted octanol–water partition coefficient (Wildman–Crippen LogP) is -0.615. The number of nitrogens with one attached hydrogen (secondary N) is 1. The lowest BCUT2D eigenvalue weighted by Crippen LogP contribution is -1.93. The molecule has 0 aliphatic rings. The van der Waals surface area contributed by atoms with Crippen molar-refractivity contribution in [2.24, 2.45) is 0 Å². The number of aromatic nitrogens is 6. The number of rotatable bonds is 1. The predicted molar refractivity (Wildman–Crippen MR) is 31.3 cm³/mol. The molecule has 0 spiro atoms. The molecule has 10 heavy (non-hydrogen) atoms. The van der Waals surface area contributed by atoms with E-state index in [0.29, 0.717) is 5.82 Å². The van der Waals surface area contributed by atoms with E-state index in [-0.39, 0.29) is 0 Å². The van der Waals surface area contributed by atoms with Crippen molar-refractivity contribution in [1.82, 2.24) is 30.2 Å². The smallest absolute Gasteiger partial charge is 0.196 e. The van der Waals surface area contributed by atoms with Crippen LogP contribution in [-0.4, -0.2) is 30.2 Å². The van der Waals surface area contributed by atoms with Crippen LogP contribution < -0.4 is 0 Å². The van der Waals surface area contributed by atoms with Crippen LogP contribution in [0.25, 0.3) is 5.82 Å². The molecule has 6 heteroatoms. The summed E-state index contributed by atoms with van der Waals surface area (Å²) < 4.78 is 1.52. The molecule has 0 unspecified atom stereocenters. The minimum Gasteiger partial charge on any atom is -0.223 e. The summed E-state index contributed by atoms with van der Waals surface area (Å²) in [7, 11) is 0. The first kappa shape index (κ1) is 5.10. The summed E-state index contributed by atoms with van der Waals surface area (Å²) in [5.74, 6) is 0.637. The Kier molecular flexibility index (Phi) is 0.970. The molecule has 0 amide bonds. The monoisotopic (exact) mass is 136 g/mol. The summed E-state index contributed by atoms with van der Waals surface area (Å²) in [5, 5.41) is 13.7. The highest BCUT2D eigenvalue weighted by Gasteiger charge is 1.96. The Morgan fingerprint density at radius 3 is 3.10 bits per heavy atom. The van der Waals surface area contributed by atoms with E-state index in [1.807, 2.05) is 0 Å². The molecular formula is C4H4N6. The summed E-state index contributed by atoms with van der Waals surface area (Å²) in [6.45, 7) is 0. The summed E-state index contributed by atoms with van der Waals surface area (Å²) in [4.78, 5) is 3.75. The number of aromatic amines is 1. The lowest BCUT2D eigenvalue weighted by Gasteiger charge is -1.86. The molecule has 2 aromatic rings. The van der Waals surface area contributed by atoms with E-state index in [4.69, 9.17) is 0 Å². The number of H-pyrrole nitrogens is 1. The molecule has 2 aromatic heterocycles. The Hall–Kier alpha value is -1.72. The SMILES string of the molecule is c1ncn(-c2cn[nH]n2)n1. The second-order valence-electron chi connectivity index (χ2n) is 1.67. The van der Waals surface area contributed by atoms with Crippen molar-refractivity contribution in [3.8, 4) is 5.82 Å². The summed E-state index contributed by atoms with van der Waals surface area (Å²) in [6.07, 6.45) is 4.56. The van der Waals surface area contributed by atoms with E-state index in [1.54, 1.807) is 12.5 Å². The molecule has 0 atom stereocenters. The Morgan fingerprint density at radius 1 is 1.50 bits per heavy atom. The van der Waals surface area contributed by atoms with Gasteiger partial charge in [0.25, 0.3) is 0 Å². The first-order chi connectivity index (χ1) is 4.97. The average Bonchev–Trinajstić information content (AvgIpc) is 2.59. The Labute approximate surface area is 55.9 Å². The van der Waals surface area contributed by atoms with Gasteiger partial charge in [0, 0.05) is 0 Å². The fourth-order valence-electron chi connectivity index (χ4n) is 0.632. The van der Waals surface area contributed by atoms with Crippen LogP contribution in [0.15, 0.2) is 18.9 Å². The van der Waals surface area contributed by atoms with Crippen LogP contribution in [0.5, 0.6) is 0 Å². The van der Waals surface area contributed by atoms with E-state index in [2.05, 4.69) is 25.5 Å². The third kappa shape index (κ3) is 0.661. The molecule has 0 saturated carbocycles. The molecule has 0 fully saturated rings. The van der Waals surface area contributed by atoms with Crippen LogP contribution in [-0.2, 0) is 0 Å². The molecule has 0 aliphatic heterocycles. The number of hydrogen-bond donors (Lipinski definition) is 1. The van der Waals surface area contributed by atoms with Crippen molar-refractivity contribution in [2.75, 3.05) is 0 Å². The first-order valence-corrected chi connectivity index (χ1v) is 2.67. The molecule has 0 saturated heterocycles. The van der Waals surface area contributed by atoms with Crippen molar-refractivity contribution < 1.29 is 0 Å². The maximum atomic E-state index is 3.84. The summed E-state index contributed by atoms with van der Waals surface area (Å²) in [6, 6.07) is 0. The Balaban J connectivity index is 2.48. The first-order valence-electron chi connectivity index (χ1n) is 2.67. The second kappa shape index (κ2) is 1.90. The van der Waals surface area contributed by atoms with Crippen LogP contribution in [0.2, 0.25) is 0 Å². The van der Waals surface area contributed by atoms with Gasteiger partial charge in [-0.15, -0.1) is 5.10 Å². The quantitative estimate of drug-likeness (QED) is 0.567. The molecule has 0 aromatic carbocycles. The van der Waals surface area contributed by atoms with Gasteiger partial charge in [-0.3, -0.25) is 0 Å². The highest BCUT2D eigenvalue weighted by atomic mass is 15.4. The molecule has 0 bridgehead atoms. The Bertz CT molecular complexity index is 249. The fraction of sp³-hybridized carbons (Fsp3) is 0. The molecule has 1 N–H and O–H groups in total. The minimum atomic E-state index is 0.637. The molecule has 50 valence electrons. The molecule has 2 heterocycles. The summed E-state index contributed by atoms with van der Waals surface area (Å²) >= 11 is 0. The normalized spacial score (nSPS) is 10.0. The molecular weight excluding hydrogens is 132 g/mol. The zero-order chi connectivity index (χ0) is 6.81. The van der Waals surface area contributed by atoms with Crippen LogP contribution in [0, 0.1) is 0 Å². The number of hydrogen-bond acceptors (Lipinski definition) is 4. The van der Waals surface area contributed by atoms with Gasteiger partial charge >= 0.3 is 0 Å². The van der Waals surface area contributed by atoms with Crippen LogP contribution in [0.3, 0.4) is 0 Å². The van der Waals surface area contributed by atoms with Gasteiger partial charge in [-0.25, -0.2) is 4.98 Å². The van der Waals surface area contributed by atoms with Crippen LogP contribution >= 0.6 is 0 Å². The average molecular weight is 136 g/mol. The van der Waals surface area contributed by atoms with Crippen molar-refractivity contribution in [2.45, 2.75) is 0 Å². The van der Waals surface area contributed by atoms with Gasteiger partial charge in [0.2, 0.25) is 0 Å². The van der Waals surface area contributed by atoms with Gasteiger partial charge < -0.3 is 0 Å². The van der Waals surface area contributed by atoms with Gasteiger partial charge in [-0.1, -0.05) is 0 Å². The zero-order valence-electron chi connectivity index (χ0n) is 4.97. The summed E-state index contributed by atoms with van der Waals surface area (Å²) in [5.41, 5.74) is 0. The van der Waals surface area contributed by atoms with Gasteiger partial charge in [0.1, 0.15) is 12.7 Å². The van der Waals surface area contributed by atoms with Crippen LogP contribution in [0.1, 0.15) is 0 Å². The lowest BCUT2D eigenvalue weighted by molar-refractivity contribution is 0.827. The van der Waals surface area contributed by atoms with Gasteiger partial charge in [-0.05, 0) is 0 Å². The van der Waals surface area contributed by atoms with Gasteiger partial charge in [-0.2, -0.15) is 20.1 Å². The van der Waals surface area contributed by atoms with E-state index < -0.39 is 0 Å². The third-order valence-corrected chi connectivity index (χ3v) is 1.06. The maximum absolute atomic E-state index is 3.84. The van der Waals surface area contributed by atoms with Crippen molar-refractivity contribution in [1.29, 1.82) is 0 Å². The van der Waals surface area contributed by atoms with Crippen molar-refractivity contribution in [3.05, 3.63) is 18.9 Å². The number of nitrogens with zero attached hydrogens (tertiary/aromatic N) is 5. The van der Waals surface area contributed by atoms with Crippen molar-refractivity contribution in [3.63, 3.8) is 0 Å². The molecule has 0 radical (unpaired) electrons. The molecule has 0 aliphatic carbocycles. The highest BCUT2D eigenvalue weighted by molar-refractivity contribution is 5.10. The van der Waals surface area contributed by atoms with E-state index in [9.17, 15) is 0 Å². The topological polar surface area (TPSA) is 72.3 Å². The van der Waals surface area contributed by atoms with E-state index >= 15 is 0 Å². The van der Waals surface area contributed by atoms with Crippen LogP contribution in [0.4, 0.5) is 0 Å². The van der Waals surface area contributed by atoms with Crippen molar-refractivity contribution >= 4 is 0 Å². The van der Waals surface area contributed by atoms with E-state index in [0.717, 1.165) is 0 Å². The van der Waals surface area contributed by atoms with Gasteiger partial charge in [0.15, 0.2) is 5.82 Å².